The maximum absolute atomic E-state index is 13.1. The number of hydrogen-bond donors (Lipinski definition) is 1. The SMILES string of the molecule is CSCCC(N)c1ccncc1F. The van der Waals surface area contributed by atoms with Gasteiger partial charge < -0.3 is 5.73 Å². The van der Waals surface area contributed by atoms with Gasteiger partial charge in [-0.3, -0.25) is 4.98 Å². The zero-order valence-electron chi connectivity index (χ0n) is 7.53. The third-order valence-electron chi connectivity index (χ3n) is 1.84. The summed E-state index contributed by atoms with van der Waals surface area (Å²) in [6.45, 7) is 0. The average molecular weight is 200 g/mol. The van der Waals surface area contributed by atoms with Crippen LogP contribution < -0.4 is 5.73 Å². The molecule has 0 saturated carbocycles. The first kappa shape index (κ1) is 10.5. The van der Waals surface area contributed by atoms with Gasteiger partial charge in [-0.15, -0.1) is 0 Å². The number of thioether (sulfide) groups is 1. The van der Waals surface area contributed by atoms with Crippen LogP contribution in [0.4, 0.5) is 4.39 Å². The highest BCUT2D eigenvalue weighted by Crippen LogP contribution is 2.17. The van der Waals surface area contributed by atoms with E-state index in [1.807, 2.05) is 6.26 Å². The minimum Gasteiger partial charge on any atom is -0.324 e. The van der Waals surface area contributed by atoms with Crippen LogP contribution in [-0.4, -0.2) is 17.0 Å². The Hall–Kier alpha value is -0.610. The van der Waals surface area contributed by atoms with Gasteiger partial charge in [0.15, 0.2) is 0 Å². The molecule has 0 aliphatic carbocycles. The molecule has 0 amide bonds. The zero-order chi connectivity index (χ0) is 9.68. The lowest BCUT2D eigenvalue weighted by atomic mass is 10.1. The molecule has 2 nitrogen and oxygen atoms in total. The zero-order valence-corrected chi connectivity index (χ0v) is 8.35. The predicted molar refractivity (Wildman–Crippen MR) is 54.1 cm³/mol. The minimum absolute atomic E-state index is 0.213. The van der Waals surface area contributed by atoms with Crippen LogP contribution in [0.25, 0.3) is 0 Å². The van der Waals surface area contributed by atoms with Crippen molar-refractivity contribution in [2.45, 2.75) is 12.5 Å². The number of rotatable bonds is 4. The van der Waals surface area contributed by atoms with E-state index in [-0.39, 0.29) is 11.9 Å². The van der Waals surface area contributed by atoms with Crippen molar-refractivity contribution in [2.24, 2.45) is 5.73 Å². The normalized spacial score (nSPS) is 12.8. The van der Waals surface area contributed by atoms with Crippen LogP contribution in [0.1, 0.15) is 18.0 Å². The number of hydrogen-bond acceptors (Lipinski definition) is 3. The Morgan fingerprint density at radius 2 is 2.46 bits per heavy atom. The summed E-state index contributed by atoms with van der Waals surface area (Å²) < 4.78 is 13.1. The Balaban J connectivity index is 2.65. The van der Waals surface area contributed by atoms with Crippen molar-refractivity contribution in [3.8, 4) is 0 Å². The summed E-state index contributed by atoms with van der Waals surface area (Å²) in [5.41, 5.74) is 6.36. The molecule has 1 aromatic rings. The van der Waals surface area contributed by atoms with Gasteiger partial charge in [0.2, 0.25) is 0 Å². The van der Waals surface area contributed by atoms with Gasteiger partial charge in [-0.1, -0.05) is 0 Å². The van der Waals surface area contributed by atoms with E-state index >= 15 is 0 Å². The number of nitrogens with two attached hydrogens (primary N) is 1. The topological polar surface area (TPSA) is 38.9 Å². The van der Waals surface area contributed by atoms with Gasteiger partial charge in [-0.2, -0.15) is 11.8 Å². The van der Waals surface area contributed by atoms with E-state index in [2.05, 4.69) is 4.98 Å². The predicted octanol–water partition coefficient (Wildman–Crippen LogP) is 1.97. The van der Waals surface area contributed by atoms with E-state index in [9.17, 15) is 4.39 Å². The first-order chi connectivity index (χ1) is 6.25. The molecule has 0 bridgehead atoms. The van der Waals surface area contributed by atoms with Crippen molar-refractivity contribution < 1.29 is 4.39 Å². The van der Waals surface area contributed by atoms with E-state index in [0.717, 1.165) is 12.2 Å². The number of halogens is 1. The maximum atomic E-state index is 13.1. The molecule has 0 aromatic carbocycles. The summed E-state index contributed by atoms with van der Waals surface area (Å²) in [5.74, 6) is 0.638. The minimum atomic E-state index is -0.309. The van der Waals surface area contributed by atoms with Gasteiger partial charge in [0.1, 0.15) is 5.82 Å². The van der Waals surface area contributed by atoms with Crippen LogP contribution >= 0.6 is 11.8 Å². The highest BCUT2D eigenvalue weighted by atomic mass is 32.2. The highest BCUT2D eigenvalue weighted by Gasteiger charge is 2.09. The summed E-state index contributed by atoms with van der Waals surface area (Å²) >= 11 is 1.71. The van der Waals surface area contributed by atoms with Crippen LogP contribution in [-0.2, 0) is 0 Å². The van der Waals surface area contributed by atoms with E-state index in [1.165, 1.54) is 6.20 Å². The van der Waals surface area contributed by atoms with Crippen molar-refractivity contribution in [1.82, 2.24) is 4.98 Å². The molecule has 1 heterocycles. The summed E-state index contributed by atoms with van der Waals surface area (Å²) in [6.07, 6.45) is 5.57. The molecular weight excluding hydrogens is 187 g/mol. The monoisotopic (exact) mass is 200 g/mol. The van der Waals surface area contributed by atoms with Crippen molar-refractivity contribution in [2.75, 3.05) is 12.0 Å². The molecule has 13 heavy (non-hydrogen) atoms. The molecule has 1 rings (SSSR count). The van der Waals surface area contributed by atoms with Crippen LogP contribution in [0.5, 0.6) is 0 Å². The quantitative estimate of drug-likeness (QED) is 0.807. The number of pyridine rings is 1. The van der Waals surface area contributed by atoms with E-state index in [0.29, 0.717) is 5.56 Å². The molecule has 4 heteroatoms. The van der Waals surface area contributed by atoms with Crippen molar-refractivity contribution in [3.63, 3.8) is 0 Å². The maximum Gasteiger partial charge on any atom is 0.146 e. The van der Waals surface area contributed by atoms with Crippen molar-refractivity contribution >= 4 is 11.8 Å². The lowest BCUT2D eigenvalue weighted by Gasteiger charge is -2.11. The largest absolute Gasteiger partial charge is 0.324 e. The molecular formula is C9H13FN2S. The second-order valence-electron chi connectivity index (χ2n) is 2.79. The van der Waals surface area contributed by atoms with Crippen LogP contribution in [0.2, 0.25) is 0 Å². The number of aromatic nitrogens is 1. The Morgan fingerprint density at radius 3 is 3.08 bits per heavy atom. The van der Waals surface area contributed by atoms with Gasteiger partial charge in [0, 0.05) is 17.8 Å². The third-order valence-corrected chi connectivity index (χ3v) is 2.48. The molecule has 1 atom stereocenters. The van der Waals surface area contributed by atoms with E-state index < -0.39 is 0 Å². The molecule has 0 aliphatic rings. The fraction of sp³-hybridized carbons (Fsp3) is 0.444. The average Bonchev–Trinajstić information content (AvgIpc) is 2.15. The van der Waals surface area contributed by atoms with E-state index in [1.54, 1.807) is 24.0 Å². The van der Waals surface area contributed by atoms with Crippen molar-refractivity contribution in [1.29, 1.82) is 0 Å². The first-order valence-electron chi connectivity index (χ1n) is 4.09. The van der Waals surface area contributed by atoms with Crippen LogP contribution in [0, 0.1) is 5.82 Å². The smallest absolute Gasteiger partial charge is 0.146 e. The Kier molecular flexibility index (Phi) is 4.18. The number of nitrogens with zero attached hydrogens (tertiary/aromatic N) is 1. The molecule has 0 radical (unpaired) electrons. The summed E-state index contributed by atoms with van der Waals surface area (Å²) in [6, 6.07) is 1.43. The third kappa shape index (κ3) is 2.97. The van der Waals surface area contributed by atoms with Crippen molar-refractivity contribution in [3.05, 3.63) is 29.8 Å². The molecule has 1 unspecified atom stereocenters. The van der Waals surface area contributed by atoms with Gasteiger partial charge in [0.05, 0.1) is 6.20 Å². The highest BCUT2D eigenvalue weighted by molar-refractivity contribution is 7.98. The van der Waals surface area contributed by atoms with E-state index in [4.69, 9.17) is 5.73 Å². The summed E-state index contributed by atoms with van der Waals surface area (Å²) in [4.78, 5) is 3.67. The molecule has 72 valence electrons. The molecule has 2 N–H and O–H groups in total. The fourth-order valence-corrected chi connectivity index (χ4v) is 1.58. The molecule has 0 aliphatic heterocycles. The lowest BCUT2D eigenvalue weighted by molar-refractivity contribution is 0.571. The standard InChI is InChI=1S/C9H13FN2S/c1-13-5-3-9(11)7-2-4-12-6-8(7)10/h2,4,6,9H,3,5,11H2,1H3. The van der Waals surface area contributed by atoms with Gasteiger partial charge >= 0.3 is 0 Å². The van der Waals surface area contributed by atoms with Gasteiger partial charge in [-0.25, -0.2) is 4.39 Å². The second-order valence-corrected chi connectivity index (χ2v) is 3.77. The van der Waals surface area contributed by atoms with Crippen LogP contribution in [0.3, 0.4) is 0 Å². The second kappa shape index (κ2) is 5.19. The molecule has 0 spiro atoms. The van der Waals surface area contributed by atoms with Gasteiger partial charge in [-0.05, 0) is 24.5 Å². The molecule has 1 aromatic heterocycles. The molecule has 0 fully saturated rings. The van der Waals surface area contributed by atoms with Gasteiger partial charge in [0.25, 0.3) is 0 Å². The first-order valence-corrected chi connectivity index (χ1v) is 5.49. The van der Waals surface area contributed by atoms with Crippen LogP contribution in [0.15, 0.2) is 18.5 Å². The Morgan fingerprint density at radius 1 is 1.69 bits per heavy atom. The summed E-state index contributed by atoms with van der Waals surface area (Å²) in [5, 5.41) is 0. The summed E-state index contributed by atoms with van der Waals surface area (Å²) in [7, 11) is 0. The Labute approximate surface area is 81.7 Å². The fourth-order valence-electron chi connectivity index (χ4n) is 1.09. The lowest BCUT2D eigenvalue weighted by Crippen LogP contribution is -2.13. The Bertz CT molecular complexity index is 268. The molecule has 0 saturated heterocycles.